The fraction of sp³-hybridized carbons (Fsp3) is 0.611. The lowest BCUT2D eigenvalue weighted by Crippen LogP contribution is -2.49. The van der Waals surface area contributed by atoms with Gasteiger partial charge in [0.1, 0.15) is 5.82 Å². The Labute approximate surface area is 147 Å². The number of hydrogen-bond donors (Lipinski definition) is 1. The highest BCUT2D eigenvalue weighted by atomic mass is 35.5. The first-order valence-electron chi connectivity index (χ1n) is 8.73. The molecule has 132 valence electrons. The van der Waals surface area contributed by atoms with E-state index in [1.165, 1.54) is 6.07 Å². The van der Waals surface area contributed by atoms with Gasteiger partial charge in [-0.25, -0.2) is 4.39 Å². The van der Waals surface area contributed by atoms with E-state index >= 15 is 0 Å². The van der Waals surface area contributed by atoms with Crippen LogP contribution in [0.3, 0.4) is 0 Å². The van der Waals surface area contributed by atoms with Crippen LogP contribution in [-0.4, -0.2) is 47.9 Å². The first-order chi connectivity index (χ1) is 11.5. The van der Waals surface area contributed by atoms with Crippen LogP contribution in [0.4, 0.5) is 4.39 Å². The normalized spacial score (nSPS) is 25.2. The van der Waals surface area contributed by atoms with Crippen molar-refractivity contribution < 1.29 is 9.18 Å². The molecule has 0 radical (unpaired) electrons. The van der Waals surface area contributed by atoms with Crippen LogP contribution in [0, 0.1) is 11.7 Å². The maximum absolute atomic E-state index is 13.9. The van der Waals surface area contributed by atoms with Crippen molar-refractivity contribution in [1.82, 2.24) is 9.80 Å². The van der Waals surface area contributed by atoms with Gasteiger partial charge in [-0.05, 0) is 30.9 Å². The second-order valence-electron chi connectivity index (χ2n) is 6.92. The average Bonchev–Trinajstić information content (AvgIpc) is 2.97. The molecule has 1 heterocycles. The first kappa shape index (κ1) is 17.6. The predicted octanol–water partition coefficient (Wildman–Crippen LogP) is 2.64. The van der Waals surface area contributed by atoms with Crippen LogP contribution in [0.1, 0.15) is 31.2 Å². The van der Waals surface area contributed by atoms with Crippen molar-refractivity contribution in [1.29, 1.82) is 0 Å². The predicted molar refractivity (Wildman–Crippen MR) is 93.2 cm³/mol. The van der Waals surface area contributed by atoms with Gasteiger partial charge in [0.2, 0.25) is 5.91 Å². The summed E-state index contributed by atoms with van der Waals surface area (Å²) in [4.78, 5) is 16.5. The topological polar surface area (TPSA) is 49.6 Å². The summed E-state index contributed by atoms with van der Waals surface area (Å²) in [5, 5.41) is 0.462. The van der Waals surface area contributed by atoms with Gasteiger partial charge in [0.15, 0.2) is 0 Å². The third-order valence-electron chi connectivity index (χ3n) is 5.32. The Bertz CT molecular complexity index is 569. The largest absolute Gasteiger partial charge is 0.340 e. The van der Waals surface area contributed by atoms with E-state index in [9.17, 15) is 9.18 Å². The van der Waals surface area contributed by atoms with Gasteiger partial charge in [0.25, 0.3) is 0 Å². The Kier molecular flexibility index (Phi) is 5.74. The van der Waals surface area contributed by atoms with Crippen molar-refractivity contribution in [3.63, 3.8) is 0 Å². The van der Waals surface area contributed by atoms with Gasteiger partial charge in [-0.1, -0.05) is 24.1 Å². The number of benzene rings is 1. The van der Waals surface area contributed by atoms with Crippen molar-refractivity contribution in [2.45, 2.75) is 38.3 Å². The van der Waals surface area contributed by atoms with E-state index in [1.807, 2.05) is 4.90 Å². The van der Waals surface area contributed by atoms with Crippen molar-refractivity contribution in [2.75, 3.05) is 26.2 Å². The number of carbonyl (C=O) groups is 1. The minimum Gasteiger partial charge on any atom is -0.340 e. The fourth-order valence-electron chi connectivity index (χ4n) is 3.73. The van der Waals surface area contributed by atoms with Gasteiger partial charge < -0.3 is 10.6 Å². The summed E-state index contributed by atoms with van der Waals surface area (Å²) >= 11 is 6.09. The van der Waals surface area contributed by atoms with Crippen LogP contribution in [0.25, 0.3) is 0 Å². The molecule has 4 nitrogen and oxygen atoms in total. The molecule has 0 unspecified atom stereocenters. The standard InChI is InChI=1S/C18H25ClFN3O/c19-15-4-2-5-16(20)14(15)12-22-7-9-23(10-8-22)18(24)11-13-3-1-6-17(13)21/h2,4-5,13,17H,1,3,6-12,21H2/t13-,17+/m0/s1. The molecular weight excluding hydrogens is 329 g/mol. The molecule has 1 amide bonds. The smallest absolute Gasteiger partial charge is 0.222 e. The number of hydrogen-bond acceptors (Lipinski definition) is 3. The van der Waals surface area contributed by atoms with Crippen LogP contribution in [0.2, 0.25) is 5.02 Å². The summed E-state index contributed by atoms with van der Waals surface area (Å²) in [5.74, 6) is 0.282. The third kappa shape index (κ3) is 4.08. The number of rotatable bonds is 4. The number of carbonyl (C=O) groups excluding carboxylic acids is 1. The van der Waals surface area contributed by atoms with E-state index in [4.69, 9.17) is 17.3 Å². The zero-order chi connectivity index (χ0) is 17.1. The van der Waals surface area contributed by atoms with Gasteiger partial charge in [0, 0.05) is 55.8 Å². The second kappa shape index (κ2) is 7.81. The molecule has 0 spiro atoms. The maximum Gasteiger partial charge on any atom is 0.222 e. The summed E-state index contributed by atoms with van der Waals surface area (Å²) < 4.78 is 13.9. The molecular formula is C18H25ClFN3O. The van der Waals surface area contributed by atoms with Crippen molar-refractivity contribution >= 4 is 17.5 Å². The van der Waals surface area contributed by atoms with Gasteiger partial charge >= 0.3 is 0 Å². The van der Waals surface area contributed by atoms with Crippen LogP contribution in [0.5, 0.6) is 0 Å². The molecule has 1 aliphatic heterocycles. The number of piperazine rings is 1. The molecule has 2 aliphatic rings. The summed E-state index contributed by atoms with van der Waals surface area (Å²) in [6.07, 6.45) is 3.81. The molecule has 0 aromatic heterocycles. The zero-order valence-corrected chi connectivity index (χ0v) is 14.6. The monoisotopic (exact) mass is 353 g/mol. The summed E-state index contributed by atoms with van der Waals surface area (Å²) in [5.41, 5.74) is 6.60. The van der Waals surface area contributed by atoms with E-state index in [1.54, 1.807) is 12.1 Å². The summed E-state index contributed by atoms with van der Waals surface area (Å²) in [6, 6.07) is 4.94. The molecule has 1 saturated heterocycles. The van der Waals surface area contributed by atoms with Gasteiger partial charge in [0.05, 0.1) is 0 Å². The summed E-state index contributed by atoms with van der Waals surface area (Å²) in [7, 11) is 0. The molecule has 1 saturated carbocycles. The quantitative estimate of drug-likeness (QED) is 0.905. The van der Waals surface area contributed by atoms with E-state index in [-0.39, 0.29) is 17.8 Å². The third-order valence-corrected chi connectivity index (χ3v) is 5.68. The van der Waals surface area contributed by atoms with Crippen LogP contribution in [-0.2, 0) is 11.3 Å². The van der Waals surface area contributed by atoms with Crippen molar-refractivity contribution in [3.8, 4) is 0 Å². The molecule has 2 fully saturated rings. The van der Waals surface area contributed by atoms with Crippen LogP contribution >= 0.6 is 11.6 Å². The lowest BCUT2D eigenvalue weighted by Gasteiger charge is -2.35. The molecule has 1 aromatic rings. The maximum atomic E-state index is 13.9. The molecule has 1 aromatic carbocycles. The van der Waals surface area contributed by atoms with E-state index < -0.39 is 0 Å². The van der Waals surface area contributed by atoms with E-state index in [2.05, 4.69) is 4.90 Å². The number of nitrogens with zero attached hydrogens (tertiary/aromatic N) is 2. The minimum absolute atomic E-state index is 0.179. The van der Waals surface area contributed by atoms with E-state index in [0.717, 1.165) is 32.4 Å². The van der Waals surface area contributed by atoms with E-state index in [0.29, 0.717) is 42.6 Å². The van der Waals surface area contributed by atoms with Gasteiger partial charge in [-0.15, -0.1) is 0 Å². The van der Waals surface area contributed by atoms with Crippen LogP contribution in [0.15, 0.2) is 18.2 Å². The lowest BCUT2D eigenvalue weighted by molar-refractivity contribution is -0.134. The molecule has 24 heavy (non-hydrogen) atoms. The molecule has 6 heteroatoms. The molecule has 0 bridgehead atoms. The van der Waals surface area contributed by atoms with Crippen molar-refractivity contribution in [3.05, 3.63) is 34.6 Å². The summed E-state index contributed by atoms with van der Waals surface area (Å²) in [6.45, 7) is 3.35. The van der Waals surface area contributed by atoms with Crippen molar-refractivity contribution in [2.24, 2.45) is 11.7 Å². The Morgan fingerprint density at radius 1 is 1.25 bits per heavy atom. The number of nitrogens with two attached hydrogens (primary N) is 1. The van der Waals surface area contributed by atoms with Gasteiger partial charge in [-0.2, -0.15) is 0 Å². The Morgan fingerprint density at radius 3 is 2.62 bits per heavy atom. The molecule has 2 atom stereocenters. The average molecular weight is 354 g/mol. The fourth-order valence-corrected chi connectivity index (χ4v) is 3.96. The Balaban J connectivity index is 1.49. The molecule has 2 N–H and O–H groups in total. The minimum atomic E-state index is -0.267. The Morgan fingerprint density at radius 2 is 2.00 bits per heavy atom. The molecule has 3 rings (SSSR count). The highest BCUT2D eigenvalue weighted by Crippen LogP contribution is 2.27. The molecule has 1 aliphatic carbocycles. The first-order valence-corrected chi connectivity index (χ1v) is 9.11. The SMILES string of the molecule is N[C@@H]1CCC[C@H]1CC(=O)N1CCN(Cc2c(F)cccc2Cl)CC1. The Hall–Kier alpha value is -1.17. The highest BCUT2D eigenvalue weighted by Gasteiger charge is 2.29. The van der Waals surface area contributed by atoms with Gasteiger partial charge in [-0.3, -0.25) is 9.69 Å². The second-order valence-corrected chi connectivity index (χ2v) is 7.32. The number of amides is 1. The lowest BCUT2D eigenvalue weighted by atomic mass is 9.99. The number of halogens is 2. The van der Waals surface area contributed by atoms with Crippen LogP contribution < -0.4 is 5.73 Å². The zero-order valence-electron chi connectivity index (χ0n) is 13.9. The highest BCUT2D eigenvalue weighted by molar-refractivity contribution is 6.31.